The Labute approximate surface area is 139 Å². The molecule has 0 aliphatic carbocycles. The minimum absolute atomic E-state index is 0.0536. The van der Waals surface area contributed by atoms with Crippen LogP contribution in [0.1, 0.15) is 11.1 Å². The summed E-state index contributed by atoms with van der Waals surface area (Å²) in [5, 5.41) is 7.56. The standard InChI is InChI=1S/C15H13BrFN5O/c1-9-6-10(2-4-13(9)18)8-21-15(23)22(20-19-21)14-5-3-11(16)7-12(14)17/h2-7H,8,18H2,1H3. The number of hydrogen-bond acceptors (Lipinski definition) is 4. The molecule has 6 nitrogen and oxygen atoms in total. The molecule has 0 atom stereocenters. The number of benzene rings is 2. The Morgan fingerprint density at radius 1 is 1.22 bits per heavy atom. The summed E-state index contributed by atoms with van der Waals surface area (Å²) in [6, 6.07) is 9.83. The van der Waals surface area contributed by atoms with E-state index < -0.39 is 11.5 Å². The number of rotatable bonds is 3. The number of aryl methyl sites for hydroxylation is 1. The zero-order valence-corrected chi connectivity index (χ0v) is 13.8. The second-order valence-electron chi connectivity index (χ2n) is 5.12. The van der Waals surface area contributed by atoms with Gasteiger partial charge >= 0.3 is 5.69 Å². The molecule has 1 heterocycles. The molecule has 0 spiro atoms. The number of aromatic nitrogens is 4. The second kappa shape index (κ2) is 5.96. The summed E-state index contributed by atoms with van der Waals surface area (Å²) in [5.41, 5.74) is 7.78. The van der Waals surface area contributed by atoms with Gasteiger partial charge in [0.15, 0.2) is 0 Å². The summed E-state index contributed by atoms with van der Waals surface area (Å²) < 4.78 is 16.7. The van der Waals surface area contributed by atoms with Crippen molar-refractivity contribution >= 4 is 21.6 Å². The van der Waals surface area contributed by atoms with Crippen molar-refractivity contribution in [2.45, 2.75) is 13.5 Å². The minimum atomic E-state index is -0.558. The highest BCUT2D eigenvalue weighted by molar-refractivity contribution is 9.10. The predicted molar refractivity (Wildman–Crippen MR) is 88.0 cm³/mol. The van der Waals surface area contributed by atoms with Crippen LogP contribution in [0.5, 0.6) is 0 Å². The smallest absolute Gasteiger partial charge is 0.368 e. The Bertz CT molecular complexity index is 934. The zero-order valence-electron chi connectivity index (χ0n) is 12.2. The lowest BCUT2D eigenvalue weighted by atomic mass is 10.1. The van der Waals surface area contributed by atoms with Crippen molar-refractivity contribution in [3.63, 3.8) is 0 Å². The molecule has 0 radical (unpaired) electrons. The number of hydrogen-bond donors (Lipinski definition) is 1. The van der Waals surface area contributed by atoms with E-state index in [9.17, 15) is 9.18 Å². The van der Waals surface area contributed by atoms with Crippen molar-refractivity contribution in [2.75, 3.05) is 5.73 Å². The lowest BCUT2D eigenvalue weighted by Gasteiger charge is -2.04. The van der Waals surface area contributed by atoms with E-state index in [1.54, 1.807) is 12.1 Å². The third-order valence-corrected chi connectivity index (χ3v) is 3.94. The Hall–Kier alpha value is -2.48. The summed E-state index contributed by atoms with van der Waals surface area (Å²) in [7, 11) is 0. The molecule has 0 saturated heterocycles. The molecule has 8 heteroatoms. The Kier molecular flexibility index (Phi) is 3.99. The summed E-state index contributed by atoms with van der Waals surface area (Å²) in [4.78, 5) is 12.4. The van der Waals surface area contributed by atoms with Gasteiger partial charge in [0.1, 0.15) is 11.5 Å². The van der Waals surface area contributed by atoms with Gasteiger partial charge in [0.2, 0.25) is 0 Å². The lowest BCUT2D eigenvalue weighted by molar-refractivity contribution is 0.603. The highest BCUT2D eigenvalue weighted by atomic mass is 79.9. The van der Waals surface area contributed by atoms with Crippen LogP contribution >= 0.6 is 15.9 Å². The van der Waals surface area contributed by atoms with E-state index in [4.69, 9.17) is 5.73 Å². The van der Waals surface area contributed by atoms with E-state index in [0.29, 0.717) is 10.2 Å². The van der Waals surface area contributed by atoms with Crippen LogP contribution in [0.2, 0.25) is 0 Å². The third-order valence-electron chi connectivity index (χ3n) is 3.44. The molecule has 0 fully saturated rings. The summed E-state index contributed by atoms with van der Waals surface area (Å²) in [5.74, 6) is -0.558. The first-order valence-electron chi connectivity index (χ1n) is 6.79. The maximum absolute atomic E-state index is 14.0. The van der Waals surface area contributed by atoms with Gasteiger partial charge in [-0.05, 0) is 52.7 Å². The molecule has 0 aliphatic heterocycles. The molecule has 0 bridgehead atoms. The van der Waals surface area contributed by atoms with Crippen LogP contribution in [0.15, 0.2) is 45.7 Å². The molecule has 118 valence electrons. The average molecular weight is 378 g/mol. The van der Waals surface area contributed by atoms with E-state index in [0.717, 1.165) is 15.8 Å². The van der Waals surface area contributed by atoms with Crippen LogP contribution in [0.25, 0.3) is 5.69 Å². The molecular weight excluding hydrogens is 365 g/mol. The lowest BCUT2D eigenvalue weighted by Crippen LogP contribution is -2.25. The first-order chi connectivity index (χ1) is 11.0. The number of nitrogens with zero attached hydrogens (tertiary/aromatic N) is 4. The summed E-state index contributed by atoms with van der Waals surface area (Å²) in [6.45, 7) is 2.12. The van der Waals surface area contributed by atoms with Crippen LogP contribution in [-0.2, 0) is 6.54 Å². The van der Waals surface area contributed by atoms with Gasteiger partial charge in [0.05, 0.1) is 6.54 Å². The molecule has 1 aromatic heterocycles. The van der Waals surface area contributed by atoms with E-state index in [2.05, 4.69) is 26.4 Å². The van der Waals surface area contributed by atoms with Crippen molar-refractivity contribution in [3.05, 3.63) is 68.3 Å². The van der Waals surface area contributed by atoms with Gasteiger partial charge < -0.3 is 5.73 Å². The van der Waals surface area contributed by atoms with Crippen molar-refractivity contribution in [1.82, 2.24) is 19.8 Å². The number of nitrogens with two attached hydrogens (primary N) is 1. The number of halogens is 2. The number of nitrogen functional groups attached to an aromatic ring is 1. The molecule has 0 amide bonds. The first kappa shape index (κ1) is 15.4. The molecule has 0 saturated carbocycles. The quantitative estimate of drug-likeness (QED) is 0.710. The minimum Gasteiger partial charge on any atom is -0.399 e. The maximum atomic E-state index is 14.0. The van der Waals surface area contributed by atoms with Gasteiger partial charge in [-0.1, -0.05) is 28.1 Å². The zero-order chi connectivity index (χ0) is 16.6. The Morgan fingerprint density at radius 2 is 2.00 bits per heavy atom. The summed E-state index contributed by atoms with van der Waals surface area (Å²) >= 11 is 3.17. The van der Waals surface area contributed by atoms with Gasteiger partial charge in [0, 0.05) is 10.2 Å². The monoisotopic (exact) mass is 377 g/mol. The van der Waals surface area contributed by atoms with Crippen LogP contribution in [0.4, 0.5) is 10.1 Å². The van der Waals surface area contributed by atoms with Gasteiger partial charge in [-0.15, -0.1) is 0 Å². The number of tetrazole rings is 1. The molecule has 2 N–H and O–H groups in total. The highest BCUT2D eigenvalue weighted by Gasteiger charge is 2.13. The van der Waals surface area contributed by atoms with Gasteiger partial charge in [-0.25, -0.2) is 9.18 Å². The van der Waals surface area contributed by atoms with E-state index in [1.807, 2.05) is 19.1 Å². The predicted octanol–water partition coefficient (Wildman–Crippen LogP) is 2.27. The molecule has 23 heavy (non-hydrogen) atoms. The molecular formula is C15H13BrFN5O. The highest BCUT2D eigenvalue weighted by Crippen LogP contribution is 2.17. The molecule has 3 rings (SSSR count). The maximum Gasteiger partial charge on any atom is 0.368 e. The van der Waals surface area contributed by atoms with E-state index >= 15 is 0 Å². The van der Waals surface area contributed by atoms with Gasteiger partial charge in [0.25, 0.3) is 0 Å². The van der Waals surface area contributed by atoms with Crippen molar-refractivity contribution in [1.29, 1.82) is 0 Å². The van der Waals surface area contributed by atoms with Crippen molar-refractivity contribution in [2.24, 2.45) is 0 Å². The normalized spacial score (nSPS) is 10.9. The van der Waals surface area contributed by atoms with Crippen LogP contribution < -0.4 is 11.4 Å². The molecule has 0 aliphatic rings. The SMILES string of the molecule is Cc1cc(Cn2nnn(-c3ccc(Br)cc3F)c2=O)ccc1N. The topological polar surface area (TPSA) is 78.7 Å². The molecule has 0 unspecified atom stereocenters. The van der Waals surface area contributed by atoms with E-state index in [1.165, 1.54) is 16.8 Å². The van der Waals surface area contributed by atoms with Crippen LogP contribution in [0, 0.1) is 12.7 Å². The fourth-order valence-corrected chi connectivity index (χ4v) is 2.52. The Balaban J connectivity index is 1.96. The fraction of sp³-hybridized carbons (Fsp3) is 0.133. The largest absolute Gasteiger partial charge is 0.399 e. The second-order valence-corrected chi connectivity index (χ2v) is 6.03. The first-order valence-corrected chi connectivity index (χ1v) is 7.58. The third kappa shape index (κ3) is 3.02. The number of anilines is 1. The van der Waals surface area contributed by atoms with Gasteiger partial charge in [-0.2, -0.15) is 9.36 Å². The van der Waals surface area contributed by atoms with Crippen LogP contribution in [0.3, 0.4) is 0 Å². The Morgan fingerprint density at radius 3 is 2.70 bits per heavy atom. The average Bonchev–Trinajstić information content (AvgIpc) is 2.84. The summed E-state index contributed by atoms with van der Waals surface area (Å²) in [6.07, 6.45) is 0. The van der Waals surface area contributed by atoms with Crippen LogP contribution in [-0.4, -0.2) is 19.8 Å². The molecule has 2 aromatic carbocycles. The van der Waals surface area contributed by atoms with E-state index in [-0.39, 0.29) is 12.2 Å². The van der Waals surface area contributed by atoms with Crippen molar-refractivity contribution < 1.29 is 4.39 Å². The van der Waals surface area contributed by atoms with Gasteiger partial charge in [-0.3, -0.25) is 0 Å². The van der Waals surface area contributed by atoms with Crippen molar-refractivity contribution in [3.8, 4) is 5.69 Å². The molecule has 3 aromatic rings. The fourth-order valence-electron chi connectivity index (χ4n) is 2.19.